The van der Waals surface area contributed by atoms with Crippen LogP contribution in [0.15, 0.2) is 18.3 Å². The number of ether oxygens (including phenoxy) is 1. The van der Waals surface area contributed by atoms with Crippen LogP contribution in [0.2, 0.25) is 0 Å². The predicted molar refractivity (Wildman–Crippen MR) is 63.7 cm³/mol. The Hall–Kier alpha value is -1.47. The molecule has 1 heterocycles. The Labute approximate surface area is 106 Å². The molecule has 0 aliphatic rings. The average Bonchev–Trinajstić information content (AvgIpc) is 2.29. The number of rotatable bonds is 5. The van der Waals surface area contributed by atoms with Crippen molar-refractivity contribution in [2.24, 2.45) is 0 Å². The van der Waals surface area contributed by atoms with Gasteiger partial charge in [-0.3, -0.25) is 4.55 Å². The molecule has 0 bridgehead atoms. The van der Waals surface area contributed by atoms with Gasteiger partial charge < -0.3 is 4.74 Å². The number of esters is 1. The van der Waals surface area contributed by atoms with E-state index in [4.69, 9.17) is 4.55 Å². The maximum atomic E-state index is 11.3. The third kappa shape index (κ3) is 4.42. The molecule has 7 heteroatoms. The lowest BCUT2D eigenvalue weighted by Gasteiger charge is -2.02. The topological polar surface area (TPSA) is 84.5 Å². The molecule has 1 rings (SSSR count). The second kappa shape index (κ2) is 5.92. The molecule has 0 aliphatic carbocycles. The summed E-state index contributed by atoms with van der Waals surface area (Å²) in [4.78, 5) is 11.3. The number of hydrogen-bond donors (Lipinski definition) is 1. The van der Waals surface area contributed by atoms with Crippen molar-refractivity contribution in [1.29, 1.82) is 0 Å². The number of aromatic nitrogens is 1. The van der Waals surface area contributed by atoms with E-state index in [0.717, 1.165) is 5.69 Å². The fourth-order valence-electron chi connectivity index (χ4n) is 1.52. The zero-order valence-electron chi connectivity index (χ0n) is 10.3. The van der Waals surface area contributed by atoms with Gasteiger partial charge in [0.05, 0.1) is 12.9 Å². The second-order valence-electron chi connectivity index (χ2n) is 3.88. The summed E-state index contributed by atoms with van der Waals surface area (Å²) in [6.07, 6.45) is 1.88. The van der Waals surface area contributed by atoms with Gasteiger partial charge in [-0.25, -0.2) is 9.36 Å². The van der Waals surface area contributed by atoms with Gasteiger partial charge in [-0.05, 0) is 6.07 Å². The first-order valence-electron chi connectivity index (χ1n) is 5.37. The van der Waals surface area contributed by atoms with Crippen molar-refractivity contribution in [3.8, 4) is 0 Å². The van der Waals surface area contributed by atoms with E-state index in [1.165, 1.54) is 7.11 Å². The van der Waals surface area contributed by atoms with Crippen molar-refractivity contribution in [3.63, 3.8) is 0 Å². The lowest BCUT2D eigenvalue weighted by Crippen LogP contribution is -2.38. The minimum atomic E-state index is -3.94. The molecular weight excluding hydrogens is 258 g/mol. The molecule has 0 spiro atoms. The molecular formula is C11H16NO5S+. The summed E-state index contributed by atoms with van der Waals surface area (Å²) in [6.45, 7) is 2.24. The van der Waals surface area contributed by atoms with E-state index in [-0.39, 0.29) is 12.2 Å². The molecule has 0 amide bonds. The van der Waals surface area contributed by atoms with Crippen molar-refractivity contribution in [2.75, 3.05) is 12.9 Å². The Kier molecular flexibility index (Phi) is 4.80. The Balaban J connectivity index is 2.79. The van der Waals surface area contributed by atoms with E-state index < -0.39 is 16.1 Å². The van der Waals surface area contributed by atoms with Crippen molar-refractivity contribution in [1.82, 2.24) is 0 Å². The Morgan fingerprint density at radius 2 is 2.11 bits per heavy atom. The highest BCUT2D eigenvalue weighted by atomic mass is 32.2. The van der Waals surface area contributed by atoms with E-state index >= 15 is 0 Å². The van der Waals surface area contributed by atoms with E-state index in [9.17, 15) is 13.2 Å². The Morgan fingerprint density at radius 3 is 2.67 bits per heavy atom. The molecule has 1 aromatic heterocycles. The lowest BCUT2D eigenvalue weighted by atomic mass is 10.2. The normalized spacial score (nSPS) is 11.3. The highest BCUT2D eigenvalue weighted by Crippen LogP contribution is 2.00. The SMILES string of the molecule is COC(=O)c1ccc(C)[n+](CCCS(=O)(=O)O)c1. The molecule has 0 atom stereocenters. The average molecular weight is 274 g/mol. The fourth-order valence-corrected chi connectivity index (χ4v) is 2.01. The number of pyridine rings is 1. The van der Waals surface area contributed by atoms with Crippen LogP contribution in [0.5, 0.6) is 0 Å². The lowest BCUT2D eigenvalue weighted by molar-refractivity contribution is -0.702. The molecule has 0 aliphatic heterocycles. The molecule has 0 saturated carbocycles. The standard InChI is InChI=1S/C11H15NO5S/c1-9-4-5-10(11(13)17-2)8-12(9)6-3-7-18(14,15)16/h4-5,8H,3,6-7H2,1-2H3/p+1. The smallest absolute Gasteiger partial charge is 0.343 e. The number of carbonyl (C=O) groups excluding carboxylic acids is 1. The van der Waals surface area contributed by atoms with Gasteiger partial charge in [-0.1, -0.05) is 0 Å². The van der Waals surface area contributed by atoms with E-state index in [0.29, 0.717) is 12.1 Å². The van der Waals surface area contributed by atoms with Crippen LogP contribution >= 0.6 is 0 Å². The van der Waals surface area contributed by atoms with Crippen molar-refractivity contribution >= 4 is 16.1 Å². The van der Waals surface area contributed by atoms with Crippen LogP contribution in [-0.4, -0.2) is 31.8 Å². The Morgan fingerprint density at radius 1 is 1.44 bits per heavy atom. The summed E-state index contributed by atoms with van der Waals surface area (Å²) in [6, 6.07) is 3.39. The molecule has 0 unspecified atom stereocenters. The summed E-state index contributed by atoms with van der Waals surface area (Å²) in [5.41, 5.74) is 1.29. The summed E-state index contributed by atoms with van der Waals surface area (Å²) in [7, 11) is -2.65. The van der Waals surface area contributed by atoms with E-state index in [1.54, 1.807) is 22.9 Å². The van der Waals surface area contributed by atoms with Crippen LogP contribution in [0.1, 0.15) is 22.5 Å². The van der Waals surface area contributed by atoms with Crippen molar-refractivity contribution in [3.05, 3.63) is 29.6 Å². The van der Waals surface area contributed by atoms with Crippen LogP contribution in [0, 0.1) is 6.92 Å². The third-order valence-electron chi connectivity index (χ3n) is 2.47. The number of aryl methyl sites for hydroxylation is 2. The molecule has 0 saturated heterocycles. The minimum absolute atomic E-state index is 0.273. The number of nitrogens with zero attached hydrogens (tertiary/aromatic N) is 1. The van der Waals surface area contributed by atoms with Gasteiger partial charge in [0.25, 0.3) is 10.1 Å². The molecule has 100 valence electrons. The first-order valence-corrected chi connectivity index (χ1v) is 6.98. The number of hydrogen-bond acceptors (Lipinski definition) is 4. The monoisotopic (exact) mass is 274 g/mol. The molecule has 18 heavy (non-hydrogen) atoms. The maximum Gasteiger partial charge on any atom is 0.343 e. The van der Waals surface area contributed by atoms with Crippen LogP contribution in [0.3, 0.4) is 0 Å². The maximum absolute atomic E-state index is 11.3. The summed E-state index contributed by atoms with van der Waals surface area (Å²) >= 11 is 0. The second-order valence-corrected chi connectivity index (χ2v) is 5.46. The van der Waals surface area contributed by atoms with Crippen molar-refractivity contribution < 1.29 is 27.1 Å². The Bertz CT molecular complexity index is 538. The summed E-state index contributed by atoms with van der Waals surface area (Å²) in [5.74, 6) is -0.749. The van der Waals surface area contributed by atoms with Crippen LogP contribution in [0.25, 0.3) is 0 Å². The van der Waals surface area contributed by atoms with Gasteiger partial charge in [-0.15, -0.1) is 0 Å². The highest BCUT2D eigenvalue weighted by Gasteiger charge is 2.14. The zero-order chi connectivity index (χ0) is 13.8. The molecule has 1 aromatic rings. The molecule has 0 radical (unpaired) electrons. The largest absolute Gasteiger partial charge is 0.465 e. The van der Waals surface area contributed by atoms with Gasteiger partial charge in [-0.2, -0.15) is 8.42 Å². The highest BCUT2D eigenvalue weighted by molar-refractivity contribution is 7.85. The molecule has 0 aromatic carbocycles. The van der Waals surface area contributed by atoms with Gasteiger partial charge in [0.15, 0.2) is 11.9 Å². The van der Waals surface area contributed by atoms with E-state index in [2.05, 4.69) is 4.74 Å². The first kappa shape index (κ1) is 14.6. The third-order valence-corrected chi connectivity index (χ3v) is 3.28. The molecule has 6 nitrogen and oxygen atoms in total. The quantitative estimate of drug-likeness (QED) is 0.475. The van der Waals surface area contributed by atoms with Crippen LogP contribution < -0.4 is 4.57 Å². The predicted octanol–water partition coefficient (Wildman–Crippen LogP) is 0.347. The van der Waals surface area contributed by atoms with Gasteiger partial charge in [0.2, 0.25) is 0 Å². The number of methoxy groups -OCH3 is 1. The van der Waals surface area contributed by atoms with E-state index in [1.807, 2.05) is 6.92 Å². The summed E-state index contributed by atoms with van der Waals surface area (Å²) in [5, 5.41) is 0. The number of carbonyl (C=O) groups is 1. The fraction of sp³-hybridized carbons (Fsp3) is 0.455. The minimum Gasteiger partial charge on any atom is -0.465 e. The van der Waals surface area contributed by atoms with Crippen molar-refractivity contribution in [2.45, 2.75) is 19.9 Å². The molecule has 1 N–H and O–H groups in total. The van der Waals surface area contributed by atoms with Crippen LogP contribution in [-0.2, 0) is 21.4 Å². The van der Waals surface area contributed by atoms with Crippen LogP contribution in [0.4, 0.5) is 0 Å². The summed E-state index contributed by atoms with van der Waals surface area (Å²) < 4.78 is 36.2. The zero-order valence-corrected chi connectivity index (χ0v) is 11.1. The van der Waals surface area contributed by atoms with Gasteiger partial charge in [0, 0.05) is 19.4 Å². The first-order chi connectivity index (χ1) is 8.33. The van der Waals surface area contributed by atoms with Gasteiger partial charge in [0.1, 0.15) is 12.1 Å². The molecule has 0 fully saturated rings. The van der Waals surface area contributed by atoms with Gasteiger partial charge >= 0.3 is 5.97 Å².